The summed E-state index contributed by atoms with van der Waals surface area (Å²) in [4.78, 5) is 44.4. The van der Waals surface area contributed by atoms with Gasteiger partial charge in [-0.15, -0.1) is 0 Å². The van der Waals surface area contributed by atoms with Crippen molar-refractivity contribution in [1.29, 1.82) is 0 Å². The van der Waals surface area contributed by atoms with E-state index in [2.05, 4.69) is 9.97 Å². The van der Waals surface area contributed by atoms with Gasteiger partial charge in [-0.25, -0.2) is 9.78 Å². The van der Waals surface area contributed by atoms with Crippen molar-refractivity contribution in [3.63, 3.8) is 0 Å². The number of unbranched alkanes of at least 4 members (excludes halogenated alkanes) is 1. The quantitative estimate of drug-likeness (QED) is 0.418. The van der Waals surface area contributed by atoms with Crippen LogP contribution < -0.4 is 16.0 Å². The first-order valence-electron chi connectivity index (χ1n) is 10.8. The molecule has 8 nitrogen and oxygen atoms in total. The molecule has 0 amide bonds. The number of aromatic amines is 1. The molecule has 1 N–H and O–H groups in total. The maximum absolute atomic E-state index is 12.6. The Labute approximate surface area is 180 Å². The molecule has 0 bridgehead atoms. The lowest BCUT2D eigenvalue weighted by molar-refractivity contribution is -0.134. The van der Waals surface area contributed by atoms with Crippen molar-refractivity contribution >= 4 is 17.1 Å². The minimum Gasteiger partial charge on any atom is -0.427 e. The van der Waals surface area contributed by atoms with Gasteiger partial charge in [0.1, 0.15) is 11.6 Å². The number of aryl methyl sites for hydroxylation is 3. The zero-order chi connectivity index (χ0) is 22.5. The number of benzene rings is 1. The standard InChI is InChI=1S/C23H30N4O4/c1-5-6-13-26-21-20(22(29)25-23(26)30)27(14-15(2)3)18(24-21)11-12-19(28)31-17-9-7-16(4)8-10-17/h7-10,15H,5-6,11-14H2,1-4H3,(H,25,29,30). The number of hydrogen-bond donors (Lipinski definition) is 1. The average Bonchev–Trinajstić information content (AvgIpc) is 3.06. The van der Waals surface area contributed by atoms with Gasteiger partial charge < -0.3 is 9.30 Å². The highest BCUT2D eigenvalue weighted by Crippen LogP contribution is 2.17. The number of H-pyrrole nitrogens is 1. The molecule has 0 aliphatic carbocycles. The number of esters is 1. The van der Waals surface area contributed by atoms with Gasteiger partial charge in [0.05, 0.1) is 6.42 Å². The number of nitrogens with one attached hydrogen (secondary N) is 1. The molecule has 3 aromatic rings. The van der Waals surface area contributed by atoms with Gasteiger partial charge in [-0.2, -0.15) is 0 Å². The summed E-state index contributed by atoms with van der Waals surface area (Å²) >= 11 is 0. The Kier molecular flexibility index (Phi) is 7.09. The first kappa shape index (κ1) is 22.5. The van der Waals surface area contributed by atoms with E-state index in [4.69, 9.17) is 4.74 Å². The van der Waals surface area contributed by atoms with Gasteiger partial charge in [-0.05, 0) is 31.4 Å². The Hall–Kier alpha value is -3.16. The fourth-order valence-corrected chi connectivity index (χ4v) is 3.50. The van der Waals surface area contributed by atoms with Crippen LogP contribution in [0.15, 0.2) is 33.9 Å². The van der Waals surface area contributed by atoms with Crippen LogP contribution in [-0.4, -0.2) is 25.1 Å². The Bertz CT molecular complexity index is 1170. The summed E-state index contributed by atoms with van der Waals surface area (Å²) in [6.45, 7) is 9.14. The minimum atomic E-state index is -0.453. The van der Waals surface area contributed by atoms with Crippen LogP contribution in [0.2, 0.25) is 0 Å². The second kappa shape index (κ2) is 9.76. The predicted molar refractivity (Wildman–Crippen MR) is 119 cm³/mol. The summed E-state index contributed by atoms with van der Waals surface area (Å²) in [5.74, 6) is 0.984. The van der Waals surface area contributed by atoms with Crippen molar-refractivity contribution in [2.75, 3.05) is 0 Å². The Morgan fingerprint density at radius 3 is 2.52 bits per heavy atom. The Balaban J connectivity index is 1.91. The third kappa shape index (κ3) is 5.31. The third-order valence-electron chi connectivity index (χ3n) is 5.05. The van der Waals surface area contributed by atoms with E-state index in [0.717, 1.165) is 18.4 Å². The number of nitrogens with zero attached hydrogens (tertiary/aromatic N) is 3. The topological polar surface area (TPSA) is 99.0 Å². The molecule has 166 valence electrons. The van der Waals surface area contributed by atoms with Crippen LogP contribution in [0.5, 0.6) is 5.75 Å². The number of aromatic nitrogens is 4. The van der Waals surface area contributed by atoms with Gasteiger partial charge in [0.25, 0.3) is 5.56 Å². The lowest BCUT2D eigenvalue weighted by Gasteiger charge is -2.11. The van der Waals surface area contributed by atoms with Crippen molar-refractivity contribution in [3.8, 4) is 5.75 Å². The summed E-state index contributed by atoms with van der Waals surface area (Å²) < 4.78 is 8.76. The van der Waals surface area contributed by atoms with Crippen LogP contribution in [0.1, 0.15) is 51.4 Å². The number of imidazole rings is 1. The number of carbonyl (C=O) groups excluding carboxylic acids is 1. The van der Waals surface area contributed by atoms with Crippen LogP contribution in [0.4, 0.5) is 0 Å². The maximum atomic E-state index is 12.6. The van der Waals surface area contributed by atoms with E-state index in [1.165, 1.54) is 4.57 Å². The first-order chi connectivity index (χ1) is 14.8. The van der Waals surface area contributed by atoms with Crippen LogP contribution >= 0.6 is 0 Å². The SMILES string of the molecule is CCCCn1c(=O)[nH]c(=O)c2c1nc(CCC(=O)Oc1ccc(C)cc1)n2CC(C)C. The molecule has 0 saturated heterocycles. The molecule has 0 fully saturated rings. The summed E-state index contributed by atoms with van der Waals surface area (Å²) in [7, 11) is 0. The van der Waals surface area contributed by atoms with Crippen LogP contribution in [-0.2, 0) is 24.3 Å². The van der Waals surface area contributed by atoms with E-state index in [1.54, 1.807) is 12.1 Å². The van der Waals surface area contributed by atoms with Gasteiger partial charge in [0.15, 0.2) is 11.2 Å². The van der Waals surface area contributed by atoms with Gasteiger partial charge in [-0.1, -0.05) is 44.9 Å². The Morgan fingerprint density at radius 1 is 1.16 bits per heavy atom. The Morgan fingerprint density at radius 2 is 1.87 bits per heavy atom. The molecule has 0 unspecified atom stereocenters. The summed E-state index contributed by atoms with van der Waals surface area (Å²) in [5, 5.41) is 0. The molecule has 2 aromatic heterocycles. The second-order valence-corrected chi connectivity index (χ2v) is 8.26. The van der Waals surface area contributed by atoms with Crippen molar-refractivity contribution < 1.29 is 9.53 Å². The van der Waals surface area contributed by atoms with E-state index in [9.17, 15) is 14.4 Å². The van der Waals surface area contributed by atoms with Gasteiger partial charge in [0.2, 0.25) is 0 Å². The smallest absolute Gasteiger partial charge is 0.330 e. The largest absolute Gasteiger partial charge is 0.427 e. The second-order valence-electron chi connectivity index (χ2n) is 8.26. The molecule has 3 rings (SSSR count). The minimum absolute atomic E-state index is 0.117. The predicted octanol–water partition coefficient (Wildman–Crippen LogP) is 3.19. The number of carbonyl (C=O) groups is 1. The summed E-state index contributed by atoms with van der Waals surface area (Å²) in [6.07, 6.45) is 2.15. The number of ether oxygens (including phenoxy) is 1. The molecule has 0 aliphatic heterocycles. The number of fused-ring (bicyclic) bond motifs is 1. The van der Waals surface area contributed by atoms with Crippen molar-refractivity contribution in [2.24, 2.45) is 5.92 Å². The van der Waals surface area contributed by atoms with E-state index < -0.39 is 11.2 Å². The van der Waals surface area contributed by atoms with Crippen LogP contribution in [0.3, 0.4) is 0 Å². The lowest BCUT2D eigenvalue weighted by atomic mass is 10.2. The van der Waals surface area contributed by atoms with Gasteiger partial charge >= 0.3 is 11.7 Å². The molecule has 0 saturated carbocycles. The zero-order valence-corrected chi connectivity index (χ0v) is 18.6. The monoisotopic (exact) mass is 426 g/mol. The fraction of sp³-hybridized carbons (Fsp3) is 0.478. The van der Waals surface area contributed by atoms with E-state index in [1.807, 2.05) is 44.4 Å². The van der Waals surface area contributed by atoms with Crippen molar-refractivity contribution in [2.45, 2.75) is 66.5 Å². The molecule has 0 aliphatic rings. The van der Waals surface area contributed by atoms with E-state index >= 15 is 0 Å². The van der Waals surface area contributed by atoms with Gasteiger partial charge in [-0.3, -0.25) is 19.1 Å². The van der Waals surface area contributed by atoms with Crippen LogP contribution in [0, 0.1) is 12.8 Å². The lowest BCUT2D eigenvalue weighted by Crippen LogP contribution is -2.31. The highest BCUT2D eigenvalue weighted by molar-refractivity contribution is 5.74. The zero-order valence-electron chi connectivity index (χ0n) is 18.6. The molecule has 1 aromatic carbocycles. The van der Waals surface area contributed by atoms with Crippen molar-refractivity contribution in [1.82, 2.24) is 19.1 Å². The molecule has 2 heterocycles. The van der Waals surface area contributed by atoms with E-state index in [0.29, 0.717) is 42.2 Å². The van der Waals surface area contributed by atoms with Crippen LogP contribution in [0.25, 0.3) is 11.2 Å². The average molecular weight is 427 g/mol. The molecule has 0 spiro atoms. The fourth-order valence-electron chi connectivity index (χ4n) is 3.50. The summed E-state index contributed by atoms with van der Waals surface area (Å²) in [6, 6.07) is 7.28. The molecule has 31 heavy (non-hydrogen) atoms. The first-order valence-corrected chi connectivity index (χ1v) is 10.8. The third-order valence-corrected chi connectivity index (χ3v) is 5.05. The molecular formula is C23H30N4O4. The number of rotatable bonds is 9. The highest BCUT2D eigenvalue weighted by Gasteiger charge is 2.20. The molecular weight excluding hydrogens is 396 g/mol. The molecule has 0 radical (unpaired) electrons. The molecule has 0 atom stereocenters. The van der Waals surface area contributed by atoms with Gasteiger partial charge in [0, 0.05) is 19.5 Å². The number of hydrogen-bond acceptors (Lipinski definition) is 5. The maximum Gasteiger partial charge on any atom is 0.330 e. The summed E-state index contributed by atoms with van der Waals surface area (Å²) in [5.41, 5.74) is 0.942. The molecule has 8 heteroatoms. The highest BCUT2D eigenvalue weighted by atomic mass is 16.5. The normalized spacial score (nSPS) is 11.4. The van der Waals surface area contributed by atoms with E-state index in [-0.39, 0.29) is 18.3 Å². The van der Waals surface area contributed by atoms with Crippen molar-refractivity contribution in [3.05, 3.63) is 56.5 Å².